The highest BCUT2D eigenvalue weighted by molar-refractivity contribution is 5.78. The first-order chi connectivity index (χ1) is 9.69. The lowest BCUT2D eigenvalue weighted by molar-refractivity contribution is -0.121. The zero-order chi connectivity index (χ0) is 14.4. The van der Waals surface area contributed by atoms with Crippen LogP contribution in [0.25, 0.3) is 0 Å². The van der Waals surface area contributed by atoms with Gasteiger partial charge in [0, 0.05) is 12.1 Å². The van der Waals surface area contributed by atoms with Gasteiger partial charge in [-0.15, -0.1) is 0 Å². The first-order valence-electron chi connectivity index (χ1n) is 7.35. The molecule has 1 aromatic carbocycles. The molecule has 0 aromatic heterocycles. The van der Waals surface area contributed by atoms with Gasteiger partial charge in [-0.2, -0.15) is 0 Å². The van der Waals surface area contributed by atoms with Gasteiger partial charge in [0.05, 0.1) is 13.7 Å². The molecule has 0 radical (unpaired) electrons. The minimum Gasteiger partial charge on any atom is -0.497 e. The summed E-state index contributed by atoms with van der Waals surface area (Å²) in [7, 11) is 1.66. The minimum atomic E-state index is 0.0895. The molecule has 0 heterocycles. The van der Waals surface area contributed by atoms with Gasteiger partial charge < -0.3 is 15.4 Å². The van der Waals surface area contributed by atoms with E-state index in [0.717, 1.165) is 24.2 Å². The molecular weight excluding hydrogens is 252 g/mol. The average Bonchev–Trinajstić information content (AvgIpc) is 2.97. The topological polar surface area (TPSA) is 50.4 Å². The fourth-order valence-electron chi connectivity index (χ4n) is 2.62. The fraction of sp³-hybridized carbons (Fsp3) is 0.562. The van der Waals surface area contributed by atoms with E-state index in [1.807, 2.05) is 24.3 Å². The van der Waals surface area contributed by atoms with Crippen LogP contribution in [0.4, 0.5) is 0 Å². The lowest BCUT2D eigenvalue weighted by atomic mass is 10.1. The lowest BCUT2D eigenvalue weighted by Crippen LogP contribution is -2.39. The number of amides is 1. The summed E-state index contributed by atoms with van der Waals surface area (Å²) in [6.07, 6.45) is 4.71. The third-order valence-electron chi connectivity index (χ3n) is 3.88. The standard InChI is InChI=1S/C16H24N2O2/c1-12(13-6-5-9-15(10-13)20-2)17-11-16(19)18-14-7-3-4-8-14/h5-6,9-10,12,14,17H,3-4,7-8,11H2,1-2H3,(H,18,19)/t12-/m1/s1. The highest BCUT2D eigenvalue weighted by Gasteiger charge is 2.17. The molecule has 0 aliphatic heterocycles. The van der Waals surface area contributed by atoms with Gasteiger partial charge in [-0.05, 0) is 37.5 Å². The van der Waals surface area contributed by atoms with Crippen LogP contribution in [-0.4, -0.2) is 25.6 Å². The van der Waals surface area contributed by atoms with Crippen molar-refractivity contribution in [2.24, 2.45) is 0 Å². The Morgan fingerprint density at radius 2 is 2.15 bits per heavy atom. The number of hydrogen-bond acceptors (Lipinski definition) is 3. The summed E-state index contributed by atoms with van der Waals surface area (Å²) < 4.78 is 5.21. The number of rotatable bonds is 6. The smallest absolute Gasteiger partial charge is 0.234 e. The Labute approximate surface area is 120 Å². The molecule has 2 N–H and O–H groups in total. The molecular formula is C16H24N2O2. The van der Waals surface area contributed by atoms with Crippen LogP contribution in [0.15, 0.2) is 24.3 Å². The van der Waals surface area contributed by atoms with Crippen LogP contribution in [-0.2, 0) is 4.79 Å². The van der Waals surface area contributed by atoms with Gasteiger partial charge in [0.25, 0.3) is 0 Å². The lowest BCUT2D eigenvalue weighted by Gasteiger charge is -2.16. The normalized spacial score (nSPS) is 16.9. The molecule has 0 unspecified atom stereocenters. The van der Waals surface area contributed by atoms with Gasteiger partial charge >= 0.3 is 0 Å². The number of carbonyl (C=O) groups is 1. The van der Waals surface area contributed by atoms with Crippen LogP contribution in [0, 0.1) is 0 Å². The van der Waals surface area contributed by atoms with Crippen LogP contribution in [0.3, 0.4) is 0 Å². The molecule has 1 aliphatic rings. The van der Waals surface area contributed by atoms with Crippen molar-refractivity contribution in [3.8, 4) is 5.75 Å². The third kappa shape index (κ3) is 4.23. The molecule has 1 aromatic rings. The second kappa shape index (κ2) is 7.29. The predicted octanol–water partition coefficient (Wildman–Crippen LogP) is 2.40. The summed E-state index contributed by atoms with van der Waals surface area (Å²) in [4.78, 5) is 11.9. The molecule has 4 nitrogen and oxygen atoms in total. The van der Waals surface area contributed by atoms with Crippen molar-refractivity contribution in [1.29, 1.82) is 0 Å². The molecule has 4 heteroatoms. The first-order valence-corrected chi connectivity index (χ1v) is 7.35. The summed E-state index contributed by atoms with van der Waals surface area (Å²) >= 11 is 0. The van der Waals surface area contributed by atoms with Gasteiger partial charge in [0.15, 0.2) is 0 Å². The number of ether oxygens (including phenoxy) is 1. The van der Waals surface area contributed by atoms with Crippen LogP contribution < -0.4 is 15.4 Å². The Morgan fingerprint density at radius 3 is 2.85 bits per heavy atom. The van der Waals surface area contributed by atoms with E-state index in [9.17, 15) is 4.79 Å². The maximum absolute atomic E-state index is 11.9. The van der Waals surface area contributed by atoms with E-state index < -0.39 is 0 Å². The maximum Gasteiger partial charge on any atom is 0.234 e. The van der Waals surface area contributed by atoms with Crippen LogP contribution in [0.1, 0.15) is 44.2 Å². The number of carbonyl (C=O) groups excluding carboxylic acids is 1. The summed E-state index contributed by atoms with van der Waals surface area (Å²) in [6, 6.07) is 8.42. The van der Waals surface area contributed by atoms with E-state index in [0.29, 0.717) is 12.6 Å². The largest absolute Gasteiger partial charge is 0.497 e. The number of nitrogens with one attached hydrogen (secondary N) is 2. The molecule has 20 heavy (non-hydrogen) atoms. The molecule has 0 spiro atoms. The van der Waals surface area contributed by atoms with E-state index in [1.54, 1.807) is 7.11 Å². The molecule has 0 bridgehead atoms. The Kier molecular flexibility index (Phi) is 5.41. The van der Waals surface area contributed by atoms with Crippen molar-refractivity contribution in [2.75, 3.05) is 13.7 Å². The fourth-order valence-corrected chi connectivity index (χ4v) is 2.62. The van der Waals surface area contributed by atoms with Crippen LogP contribution in [0.5, 0.6) is 5.75 Å². The van der Waals surface area contributed by atoms with Gasteiger partial charge in [0.1, 0.15) is 5.75 Å². The molecule has 2 rings (SSSR count). The zero-order valence-corrected chi connectivity index (χ0v) is 12.3. The maximum atomic E-state index is 11.9. The molecule has 0 saturated heterocycles. The van der Waals surface area contributed by atoms with E-state index in [1.165, 1.54) is 12.8 Å². The van der Waals surface area contributed by atoms with Gasteiger partial charge in [-0.3, -0.25) is 4.79 Å². The molecule has 1 amide bonds. The van der Waals surface area contributed by atoms with Crippen LogP contribution >= 0.6 is 0 Å². The zero-order valence-electron chi connectivity index (χ0n) is 12.3. The van der Waals surface area contributed by atoms with Crippen LogP contribution in [0.2, 0.25) is 0 Å². The van der Waals surface area contributed by atoms with Crippen molar-refractivity contribution in [3.63, 3.8) is 0 Å². The van der Waals surface area contributed by atoms with E-state index in [-0.39, 0.29) is 11.9 Å². The highest BCUT2D eigenvalue weighted by Crippen LogP contribution is 2.19. The summed E-state index contributed by atoms with van der Waals surface area (Å²) in [5.41, 5.74) is 1.12. The third-order valence-corrected chi connectivity index (χ3v) is 3.88. The molecule has 1 atom stereocenters. The van der Waals surface area contributed by atoms with E-state index in [2.05, 4.69) is 17.6 Å². The molecule has 1 saturated carbocycles. The van der Waals surface area contributed by atoms with Crippen molar-refractivity contribution in [3.05, 3.63) is 29.8 Å². The second-order valence-electron chi connectivity index (χ2n) is 5.43. The number of methoxy groups -OCH3 is 1. The summed E-state index contributed by atoms with van der Waals surface area (Å²) in [5, 5.41) is 6.34. The van der Waals surface area contributed by atoms with Gasteiger partial charge in [-0.25, -0.2) is 0 Å². The quantitative estimate of drug-likeness (QED) is 0.839. The molecule has 1 aliphatic carbocycles. The summed E-state index contributed by atoms with van der Waals surface area (Å²) in [6.45, 7) is 2.41. The van der Waals surface area contributed by atoms with Crippen molar-refractivity contribution >= 4 is 5.91 Å². The Morgan fingerprint density at radius 1 is 1.40 bits per heavy atom. The van der Waals surface area contributed by atoms with Gasteiger partial charge in [-0.1, -0.05) is 25.0 Å². The van der Waals surface area contributed by atoms with Crippen molar-refractivity contribution in [2.45, 2.75) is 44.7 Å². The molecule has 1 fully saturated rings. The van der Waals surface area contributed by atoms with E-state index in [4.69, 9.17) is 4.74 Å². The van der Waals surface area contributed by atoms with E-state index >= 15 is 0 Å². The first kappa shape index (κ1) is 14.9. The predicted molar refractivity (Wildman–Crippen MR) is 79.8 cm³/mol. The molecule has 110 valence electrons. The summed E-state index contributed by atoms with van der Waals surface area (Å²) in [5.74, 6) is 0.929. The SMILES string of the molecule is COc1cccc([C@@H](C)NCC(=O)NC2CCCC2)c1. The second-order valence-corrected chi connectivity index (χ2v) is 5.43. The minimum absolute atomic E-state index is 0.0895. The number of benzene rings is 1. The van der Waals surface area contributed by atoms with Crippen molar-refractivity contribution in [1.82, 2.24) is 10.6 Å². The Bertz CT molecular complexity index is 442. The Hall–Kier alpha value is -1.55. The van der Waals surface area contributed by atoms with Gasteiger partial charge in [0.2, 0.25) is 5.91 Å². The highest BCUT2D eigenvalue weighted by atomic mass is 16.5. The average molecular weight is 276 g/mol. The number of hydrogen-bond donors (Lipinski definition) is 2. The Balaban J connectivity index is 1.78. The van der Waals surface area contributed by atoms with Crippen molar-refractivity contribution < 1.29 is 9.53 Å². The monoisotopic (exact) mass is 276 g/mol.